The number of ether oxygens (including phenoxy) is 1. The second kappa shape index (κ2) is 7.73. The zero-order chi connectivity index (χ0) is 18.4. The van der Waals surface area contributed by atoms with Crippen LogP contribution in [0.4, 0.5) is 11.4 Å². The van der Waals surface area contributed by atoms with Crippen LogP contribution < -0.4 is 14.8 Å². The van der Waals surface area contributed by atoms with Crippen molar-refractivity contribution in [1.29, 1.82) is 0 Å². The third kappa shape index (κ3) is 4.75. The lowest BCUT2D eigenvalue weighted by Crippen LogP contribution is -2.33. The summed E-state index contributed by atoms with van der Waals surface area (Å²) in [4.78, 5) is 22.2. The first-order chi connectivity index (χ1) is 11.8. The van der Waals surface area contributed by atoms with E-state index < -0.39 is 27.4 Å². The van der Waals surface area contributed by atoms with Gasteiger partial charge in [-0.25, -0.2) is 13.1 Å². The lowest BCUT2D eigenvalue weighted by Gasteiger charge is -2.11. The predicted octanol–water partition coefficient (Wildman–Crippen LogP) is 1.52. The Labute approximate surface area is 143 Å². The van der Waals surface area contributed by atoms with Crippen LogP contribution in [-0.4, -0.2) is 32.9 Å². The monoisotopic (exact) mass is 365 g/mol. The van der Waals surface area contributed by atoms with Gasteiger partial charge in [0.2, 0.25) is 15.9 Å². The third-order valence-electron chi connectivity index (χ3n) is 3.14. The Bertz CT molecular complexity index is 883. The van der Waals surface area contributed by atoms with Crippen molar-refractivity contribution in [3.05, 3.63) is 58.6 Å². The lowest BCUT2D eigenvalue weighted by atomic mass is 10.2. The molecule has 0 atom stereocenters. The van der Waals surface area contributed by atoms with E-state index in [0.717, 1.165) is 6.07 Å². The van der Waals surface area contributed by atoms with E-state index in [1.807, 2.05) is 0 Å². The summed E-state index contributed by atoms with van der Waals surface area (Å²) in [6.07, 6.45) is 0. The van der Waals surface area contributed by atoms with Gasteiger partial charge in [-0.3, -0.25) is 14.9 Å². The number of hydrogen-bond donors (Lipinski definition) is 2. The molecule has 2 N–H and O–H groups in total. The fraction of sp³-hybridized carbons (Fsp3) is 0.133. The smallest absolute Gasteiger partial charge is 0.271 e. The Morgan fingerprint density at radius 3 is 2.48 bits per heavy atom. The molecule has 2 rings (SSSR count). The molecule has 0 aromatic heterocycles. The summed E-state index contributed by atoms with van der Waals surface area (Å²) in [6.45, 7) is -0.539. The van der Waals surface area contributed by atoms with Crippen LogP contribution in [-0.2, 0) is 14.8 Å². The molecule has 25 heavy (non-hydrogen) atoms. The molecular weight excluding hydrogens is 350 g/mol. The normalized spacial score (nSPS) is 10.9. The number of methoxy groups -OCH3 is 1. The van der Waals surface area contributed by atoms with Crippen molar-refractivity contribution in [1.82, 2.24) is 4.72 Å². The van der Waals surface area contributed by atoms with E-state index in [2.05, 4.69) is 10.0 Å². The van der Waals surface area contributed by atoms with Crippen molar-refractivity contribution in [2.24, 2.45) is 0 Å². The van der Waals surface area contributed by atoms with Crippen molar-refractivity contribution in [2.45, 2.75) is 4.90 Å². The molecule has 0 heterocycles. The molecule has 10 heteroatoms. The molecular formula is C15H15N3O6S. The van der Waals surface area contributed by atoms with Crippen LogP contribution in [0.5, 0.6) is 5.75 Å². The number of hydrogen-bond acceptors (Lipinski definition) is 6. The number of rotatable bonds is 7. The highest BCUT2D eigenvalue weighted by molar-refractivity contribution is 7.89. The molecule has 1 amide bonds. The highest BCUT2D eigenvalue weighted by atomic mass is 32.2. The zero-order valence-corrected chi connectivity index (χ0v) is 13.9. The molecule has 0 fully saturated rings. The first-order valence-corrected chi connectivity index (χ1v) is 8.49. The SMILES string of the molecule is COc1ccc([N+](=O)[O-])cc1NC(=O)CNS(=O)(=O)c1ccccc1. The number of nitrogens with zero attached hydrogens (tertiary/aromatic N) is 1. The zero-order valence-electron chi connectivity index (χ0n) is 13.1. The second-order valence-corrected chi connectivity index (χ2v) is 6.59. The second-order valence-electron chi connectivity index (χ2n) is 4.83. The molecule has 2 aromatic rings. The summed E-state index contributed by atoms with van der Waals surface area (Å²) in [5.74, 6) is -0.483. The van der Waals surface area contributed by atoms with Gasteiger partial charge in [0, 0.05) is 12.1 Å². The Morgan fingerprint density at radius 1 is 1.20 bits per heavy atom. The molecule has 0 aliphatic carbocycles. The van der Waals surface area contributed by atoms with Gasteiger partial charge in [-0.1, -0.05) is 18.2 Å². The first kappa shape index (κ1) is 18.4. The quantitative estimate of drug-likeness (QED) is 0.565. The molecule has 9 nitrogen and oxygen atoms in total. The minimum absolute atomic E-state index is 0.0238. The van der Waals surface area contributed by atoms with Crippen LogP contribution in [0.3, 0.4) is 0 Å². The number of nitrogens with one attached hydrogen (secondary N) is 2. The topological polar surface area (TPSA) is 128 Å². The van der Waals surface area contributed by atoms with Gasteiger partial charge in [-0.05, 0) is 18.2 Å². The van der Waals surface area contributed by atoms with E-state index in [9.17, 15) is 23.3 Å². The van der Waals surface area contributed by atoms with Gasteiger partial charge >= 0.3 is 0 Å². The minimum atomic E-state index is -3.84. The highest BCUT2D eigenvalue weighted by Crippen LogP contribution is 2.28. The number of nitro groups is 1. The molecule has 0 saturated carbocycles. The summed E-state index contributed by atoms with van der Waals surface area (Å²) in [5.41, 5.74) is -0.165. The van der Waals surface area contributed by atoms with E-state index in [1.165, 1.54) is 31.4 Å². The summed E-state index contributed by atoms with van der Waals surface area (Å²) < 4.78 is 31.3. The largest absolute Gasteiger partial charge is 0.495 e. The van der Waals surface area contributed by atoms with E-state index in [-0.39, 0.29) is 22.0 Å². The maximum absolute atomic E-state index is 12.1. The maximum atomic E-state index is 12.1. The number of anilines is 1. The van der Waals surface area contributed by atoms with Crippen molar-refractivity contribution in [2.75, 3.05) is 19.0 Å². The van der Waals surface area contributed by atoms with Crippen LogP contribution >= 0.6 is 0 Å². The lowest BCUT2D eigenvalue weighted by molar-refractivity contribution is -0.384. The number of benzene rings is 2. The molecule has 0 aliphatic heterocycles. The molecule has 0 radical (unpaired) electrons. The molecule has 0 spiro atoms. The summed E-state index contributed by atoms with van der Waals surface area (Å²) in [6, 6.07) is 11.3. The number of nitro benzene ring substituents is 1. The number of carbonyl (C=O) groups excluding carboxylic acids is 1. The molecule has 0 unspecified atom stereocenters. The van der Waals surface area contributed by atoms with E-state index in [1.54, 1.807) is 18.2 Å². The Hall–Kier alpha value is -2.98. The van der Waals surface area contributed by atoms with Gasteiger partial charge in [-0.2, -0.15) is 0 Å². The minimum Gasteiger partial charge on any atom is -0.495 e. The van der Waals surface area contributed by atoms with Gasteiger partial charge in [-0.15, -0.1) is 0 Å². The van der Waals surface area contributed by atoms with Crippen LogP contribution in [0.2, 0.25) is 0 Å². The Kier molecular flexibility index (Phi) is 5.67. The van der Waals surface area contributed by atoms with Crippen molar-refractivity contribution in [3.8, 4) is 5.75 Å². The number of amides is 1. The summed E-state index contributed by atoms with van der Waals surface area (Å²) in [5, 5.41) is 13.2. The highest BCUT2D eigenvalue weighted by Gasteiger charge is 2.17. The average molecular weight is 365 g/mol. The average Bonchev–Trinajstić information content (AvgIpc) is 2.60. The van der Waals surface area contributed by atoms with Gasteiger partial charge < -0.3 is 10.1 Å². The van der Waals surface area contributed by atoms with Gasteiger partial charge in [0.05, 0.1) is 29.2 Å². The van der Waals surface area contributed by atoms with Crippen LogP contribution in [0, 0.1) is 10.1 Å². The summed E-state index contributed by atoms with van der Waals surface area (Å²) in [7, 11) is -2.49. The molecule has 2 aromatic carbocycles. The van der Waals surface area contributed by atoms with Crippen molar-refractivity contribution in [3.63, 3.8) is 0 Å². The van der Waals surface area contributed by atoms with E-state index in [4.69, 9.17) is 4.74 Å². The van der Waals surface area contributed by atoms with E-state index >= 15 is 0 Å². The van der Waals surface area contributed by atoms with Crippen LogP contribution in [0.25, 0.3) is 0 Å². The molecule has 132 valence electrons. The molecule has 0 saturated heterocycles. The third-order valence-corrected chi connectivity index (χ3v) is 4.56. The van der Waals surface area contributed by atoms with Gasteiger partial charge in [0.15, 0.2) is 0 Å². The van der Waals surface area contributed by atoms with Crippen molar-refractivity contribution < 1.29 is 22.9 Å². The molecule has 0 aliphatic rings. The number of carbonyl (C=O) groups is 1. The Morgan fingerprint density at radius 2 is 1.88 bits per heavy atom. The fourth-order valence-corrected chi connectivity index (χ4v) is 2.95. The van der Waals surface area contributed by atoms with E-state index in [0.29, 0.717) is 0 Å². The van der Waals surface area contributed by atoms with Crippen LogP contribution in [0.15, 0.2) is 53.4 Å². The number of sulfonamides is 1. The van der Waals surface area contributed by atoms with Gasteiger partial charge in [0.1, 0.15) is 5.75 Å². The van der Waals surface area contributed by atoms with Crippen molar-refractivity contribution >= 4 is 27.3 Å². The standard InChI is InChI=1S/C15H15N3O6S/c1-24-14-8-7-11(18(20)21)9-13(14)17-15(19)10-16-25(22,23)12-5-3-2-4-6-12/h2-9,16H,10H2,1H3,(H,17,19). The first-order valence-electron chi connectivity index (χ1n) is 7.00. The van der Waals surface area contributed by atoms with Crippen LogP contribution in [0.1, 0.15) is 0 Å². The van der Waals surface area contributed by atoms with Gasteiger partial charge in [0.25, 0.3) is 5.69 Å². The predicted molar refractivity (Wildman–Crippen MR) is 89.9 cm³/mol. The Balaban J connectivity index is 2.08. The molecule has 0 bridgehead atoms. The maximum Gasteiger partial charge on any atom is 0.271 e. The summed E-state index contributed by atoms with van der Waals surface area (Å²) >= 11 is 0. The number of non-ortho nitro benzene ring substituents is 1. The fourth-order valence-electron chi connectivity index (χ4n) is 1.95.